The third kappa shape index (κ3) is 5.04. The second-order valence-corrected chi connectivity index (χ2v) is 7.45. The molecule has 24 heavy (non-hydrogen) atoms. The summed E-state index contributed by atoms with van der Waals surface area (Å²) in [6.07, 6.45) is 0.212. The van der Waals surface area contributed by atoms with Crippen molar-refractivity contribution in [1.29, 1.82) is 0 Å². The van der Waals surface area contributed by atoms with Crippen LogP contribution in [-0.2, 0) is 27.8 Å². The maximum Gasteiger partial charge on any atom is 0.320 e. The number of benzene rings is 2. The Balaban J connectivity index is 2.00. The smallest absolute Gasteiger partial charge is 0.320 e. The summed E-state index contributed by atoms with van der Waals surface area (Å²) in [7, 11) is -3.65. The summed E-state index contributed by atoms with van der Waals surface area (Å²) in [5.41, 5.74) is 6.99. The number of halogens is 1. The second-order valence-electron chi connectivity index (χ2n) is 5.25. The monoisotopic (exact) mass is 368 g/mol. The summed E-state index contributed by atoms with van der Waals surface area (Å²) >= 11 is 5.80. The van der Waals surface area contributed by atoms with E-state index in [1.165, 1.54) is 12.1 Å². The minimum absolute atomic E-state index is 0.0963. The van der Waals surface area contributed by atoms with Gasteiger partial charge >= 0.3 is 5.97 Å². The van der Waals surface area contributed by atoms with E-state index in [2.05, 4.69) is 4.72 Å². The number of hydrogen-bond donors (Lipinski definition) is 3. The van der Waals surface area contributed by atoms with Crippen molar-refractivity contribution in [3.8, 4) is 0 Å². The summed E-state index contributed by atoms with van der Waals surface area (Å²) in [4.78, 5) is 10.8. The fourth-order valence-corrected chi connectivity index (χ4v) is 3.35. The highest BCUT2D eigenvalue weighted by Gasteiger charge is 2.14. The van der Waals surface area contributed by atoms with E-state index in [-0.39, 0.29) is 17.9 Å². The number of rotatable bonds is 7. The Hall–Kier alpha value is -1.93. The molecule has 4 N–H and O–H groups in total. The molecule has 0 aliphatic heterocycles. The molecule has 0 amide bonds. The quantitative estimate of drug-likeness (QED) is 0.690. The molecule has 1 atom stereocenters. The predicted octanol–water partition coefficient (Wildman–Crippen LogP) is 1.77. The van der Waals surface area contributed by atoms with Gasteiger partial charge in [0.2, 0.25) is 10.0 Å². The van der Waals surface area contributed by atoms with E-state index < -0.39 is 22.0 Å². The third-order valence-corrected chi connectivity index (χ3v) is 5.00. The number of sulfonamides is 1. The maximum absolute atomic E-state index is 12.2. The second kappa shape index (κ2) is 7.76. The average Bonchev–Trinajstić information content (AvgIpc) is 2.54. The Morgan fingerprint density at radius 3 is 2.38 bits per heavy atom. The van der Waals surface area contributed by atoms with Gasteiger partial charge in [-0.15, -0.1) is 0 Å². The van der Waals surface area contributed by atoms with E-state index in [4.69, 9.17) is 22.4 Å². The number of aliphatic carboxylic acids is 1. The van der Waals surface area contributed by atoms with Crippen molar-refractivity contribution in [3.63, 3.8) is 0 Å². The first-order valence-corrected chi connectivity index (χ1v) is 8.95. The molecular weight excluding hydrogens is 352 g/mol. The van der Waals surface area contributed by atoms with Crippen LogP contribution in [0.2, 0.25) is 5.02 Å². The Morgan fingerprint density at radius 2 is 1.79 bits per heavy atom. The van der Waals surface area contributed by atoms with Crippen molar-refractivity contribution < 1.29 is 18.3 Å². The van der Waals surface area contributed by atoms with Crippen molar-refractivity contribution in [2.75, 3.05) is 0 Å². The fraction of sp³-hybridized carbons (Fsp3) is 0.188. The minimum atomic E-state index is -3.65. The van der Waals surface area contributed by atoms with Gasteiger partial charge in [0, 0.05) is 11.6 Å². The minimum Gasteiger partial charge on any atom is -0.480 e. The number of nitrogens with two attached hydrogens (primary N) is 1. The van der Waals surface area contributed by atoms with Crippen LogP contribution in [-0.4, -0.2) is 25.5 Å². The Labute approximate surface area is 145 Å². The van der Waals surface area contributed by atoms with Crippen LogP contribution in [0, 0.1) is 0 Å². The summed E-state index contributed by atoms with van der Waals surface area (Å²) in [5.74, 6) is -1.06. The molecule has 0 saturated heterocycles. The molecule has 0 fully saturated rings. The molecule has 0 spiro atoms. The number of carbonyl (C=O) groups is 1. The zero-order valence-corrected chi connectivity index (χ0v) is 14.2. The molecule has 0 bridgehead atoms. The molecule has 0 aliphatic rings. The average molecular weight is 369 g/mol. The molecule has 0 aromatic heterocycles. The number of carboxylic acid groups (broad SMARTS) is 1. The van der Waals surface area contributed by atoms with Gasteiger partial charge < -0.3 is 10.8 Å². The van der Waals surface area contributed by atoms with Crippen LogP contribution in [0.15, 0.2) is 53.4 Å². The van der Waals surface area contributed by atoms with Crippen molar-refractivity contribution in [1.82, 2.24) is 4.72 Å². The van der Waals surface area contributed by atoms with Gasteiger partial charge in [-0.2, -0.15) is 0 Å². The Bertz CT molecular complexity index is 822. The molecule has 2 aromatic carbocycles. The summed E-state index contributed by atoms with van der Waals surface area (Å²) < 4.78 is 26.9. The normalized spacial score (nSPS) is 12.8. The lowest BCUT2D eigenvalue weighted by Crippen LogP contribution is -2.32. The molecule has 0 radical (unpaired) electrons. The van der Waals surface area contributed by atoms with Gasteiger partial charge in [-0.1, -0.05) is 41.9 Å². The van der Waals surface area contributed by atoms with Crippen LogP contribution < -0.4 is 10.5 Å². The molecular formula is C16H17ClN2O4S. The van der Waals surface area contributed by atoms with Gasteiger partial charge in [0.1, 0.15) is 6.04 Å². The molecule has 0 heterocycles. The van der Waals surface area contributed by atoms with E-state index in [9.17, 15) is 13.2 Å². The first-order chi connectivity index (χ1) is 11.3. The SMILES string of the molecule is NC(Cc1ccc(CNS(=O)(=O)c2cccc(Cl)c2)cc1)C(=O)O. The third-order valence-electron chi connectivity index (χ3n) is 3.37. The van der Waals surface area contributed by atoms with Gasteiger partial charge in [0.25, 0.3) is 0 Å². The molecule has 2 rings (SSSR count). The molecule has 0 saturated carbocycles. The van der Waals surface area contributed by atoms with E-state index in [0.29, 0.717) is 5.02 Å². The van der Waals surface area contributed by atoms with Gasteiger partial charge in [0.05, 0.1) is 4.90 Å². The van der Waals surface area contributed by atoms with Crippen LogP contribution in [0.25, 0.3) is 0 Å². The van der Waals surface area contributed by atoms with Crippen LogP contribution in [0.4, 0.5) is 0 Å². The van der Waals surface area contributed by atoms with Gasteiger partial charge in [-0.3, -0.25) is 4.79 Å². The van der Waals surface area contributed by atoms with Crippen molar-refractivity contribution in [2.45, 2.75) is 23.9 Å². The summed E-state index contributed by atoms with van der Waals surface area (Å²) in [5, 5.41) is 9.13. The fourth-order valence-electron chi connectivity index (χ4n) is 2.03. The topological polar surface area (TPSA) is 109 Å². The lowest BCUT2D eigenvalue weighted by atomic mass is 10.0. The van der Waals surface area contributed by atoms with E-state index in [0.717, 1.165) is 11.1 Å². The van der Waals surface area contributed by atoms with Crippen molar-refractivity contribution in [2.24, 2.45) is 5.73 Å². The van der Waals surface area contributed by atoms with Crippen molar-refractivity contribution in [3.05, 3.63) is 64.7 Å². The van der Waals surface area contributed by atoms with Crippen LogP contribution in [0.1, 0.15) is 11.1 Å². The van der Waals surface area contributed by atoms with E-state index in [1.54, 1.807) is 36.4 Å². The van der Waals surface area contributed by atoms with Crippen LogP contribution in [0.3, 0.4) is 0 Å². The number of hydrogen-bond acceptors (Lipinski definition) is 4. The molecule has 2 aromatic rings. The molecule has 8 heteroatoms. The van der Waals surface area contributed by atoms with Crippen molar-refractivity contribution >= 4 is 27.6 Å². The van der Waals surface area contributed by atoms with E-state index in [1.807, 2.05) is 0 Å². The highest BCUT2D eigenvalue weighted by molar-refractivity contribution is 7.89. The first kappa shape index (κ1) is 18.4. The lowest BCUT2D eigenvalue weighted by molar-refractivity contribution is -0.138. The zero-order valence-electron chi connectivity index (χ0n) is 12.6. The van der Waals surface area contributed by atoms with E-state index >= 15 is 0 Å². The maximum atomic E-state index is 12.2. The molecule has 0 aliphatic carbocycles. The van der Waals surface area contributed by atoms with Gasteiger partial charge in [-0.25, -0.2) is 13.1 Å². The Morgan fingerprint density at radius 1 is 1.17 bits per heavy atom. The number of nitrogens with one attached hydrogen (secondary N) is 1. The van der Waals surface area contributed by atoms with Crippen LogP contribution in [0.5, 0.6) is 0 Å². The van der Waals surface area contributed by atoms with Crippen LogP contribution >= 0.6 is 11.6 Å². The standard InChI is InChI=1S/C16H17ClN2O4S/c17-13-2-1-3-14(9-13)24(22,23)19-10-12-6-4-11(5-7-12)8-15(18)16(20)21/h1-7,9,15,19H,8,10,18H2,(H,20,21). The lowest BCUT2D eigenvalue weighted by Gasteiger charge is -2.09. The first-order valence-electron chi connectivity index (χ1n) is 7.09. The van der Waals surface area contributed by atoms with Gasteiger partial charge in [-0.05, 0) is 35.7 Å². The zero-order chi connectivity index (χ0) is 17.7. The highest BCUT2D eigenvalue weighted by atomic mass is 35.5. The summed E-state index contributed by atoms with van der Waals surface area (Å²) in [6.45, 7) is 0.111. The largest absolute Gasteiger partial charge is 0.480 e. The molecule has 6 nitrogen and oxygen atoms in total. The Kier molecular flexibility index (Phi) is 5.95. The molecule has 128 valence electrons. The predicted molar refractivity (Wildman–Crippen MR) is 91.2 cm³/mol. The number of carboxylic acids is 1. The molecule has 1 unspecified atom stereocenters. The summed E-state index contributed by atoms with van der Waals surface area (Å²) in [6, 6.07) is 12.0. The highest BCUT2D eigenvalue weighted by Crippen LogP contribution is 2.16. The van der Waals surface area contributed by atoms with Gasteiger partial charge in [0.15, 0.2) is 0 Å².